The molecule has 3 nitrogen and oxygen atoms in total. The van der Waals surface area contributed by atoms with Gasteiger partial charge in [-0.05, 0) is 120 Å². The Hall–Kier alpha value is -5.54. The summed E-state index contributed by atoms with van der Waals surface area (Å²) in [4.78, 5) is 0. The molecule has 0 bridgehead atoms. The lowest BCUT2D eigenvalue weighted by Gasteiger charge is -2.12. The Morgan fingerprint density at radius 3 is 2.44 bits per heavy atom. The number of nitrogens with zero attached hydrogens (tertiary/aromatic N) is 1. The van der Waals surface area contributed by atoms with E-state index >= 15 is 0 Å². The molecule has 220 valence electrons. The van der Waals surface area contributed by atoms with Crippen molar-refractivity contribution in [1.82, 2.24) is 9.88 Å². The van der Waals surface area contributed by atoms with E-state index in [1.807, 2.05) is 19.2 Å². The van der Waals surface area contributed by atoms with Crippen molar-refractivity contribution in [3.8, 4) is 16.8 Å². The second-order valence-electron chi connectivity index (χ2n) is 11.6. The van der Waals surface area contributed by atoms with E-state index in [1.165, 1.54) is 60.4 Å². The van der Waals surface area contributed by atoms with E-state index in [0.717, 1.165) is 29.8 Å². The molecule has 0 aliphatic carbocycles. The van der Waals surface area contributed by atoms with Gasteiger partial charge in [-0.3, -0.25) is 0 Å². The maximum absolute atomic E-state index is 5.71. The van der Waals surface area contributed by atoms with Crippen molar-refractivity contribution in [3.63, 3.8) is 0 Å². The van der Waals surface area contributed by atoms with Gasteiger partial charge in [0.15, 0.2) is 0 Å². The second-order valence-corrected chi connectivity index (χ2v) is 11.6. The number of para-hydroxylation sites is 1. The maximum atomic E-state index is 5.71. The van der Waals surface area contributed by atoms with Gasteiger partial charge >= 0.3 is 0 Å². The summed E-state index contributed by atoms with van der Waals surface area (Å²) in [7, 11) is 0. The summed E-state index contributed by atoms with van der Waals surface area (Å²) in [6.07, 6.45) is 15.4. The summed E-state index contributed by atoms with van der Waals surface area (Å²) in [6, 6.07) is 37.8. The molecule has 0 atom stereocenters. The van der Waals surface area contributed by atoms with Crippen LogP contribution in [0.2, 0.25) is 0 Å². The summed E-state index contributed by atoms with van der Waals surface area (Å²) >= 11 is 0. The van der Waals surface area contributed by atoms with Gasteiger partial charge in [0, 0.05) is 28.4 Å². The number of benzene rings is 5. The Kier molecular flexibility index (Phi) is 7.67. The summed E-state index contributed by atoms with van der Waals surface area (Å²) in [6.45, 7) is 5.16. The van der Waals surface area contributed by atoms with E-state index in [4.69, 9.17) is 5.73 Å². The fourth-order valence-electron chi connectivity index (χ4n) is 6.48. The third-order valence-corrected chi connectivity index (χ3v) is 8.87. The van der Waals surface area contributed by atoms with Gasteiger partial charge in [0.2, 0.25) is 0 Å². The van der Waals surface area contributed by atoms with E-state index in [9.17, 15) is 0 Å². The molecule has 0 amide bonds. The van der Waals surface area contributed by atoms with Gasteiger partial charge in [-0.15, -0.1) is 0 Å². The first-order valence-electron chi connectivity index (χ1n) is 15.6. The fourth-order valence-corrected chi connectivity index (χ4v) is 6.48. The number of hydrogen-bond acceptors (Lipinski definition) is 2. The minimum Gasteiger partial charge on any atom is -0.405 e. The van der Waals surface area contributed by atoms with Crippen LogP contribution < -0.4 is 11.1 Å². The smallest absolute Gasteiger partial charge is 0.0619 e. The first kappa shape index (κ1) is 28.2. The highest BCUT2D eigenvalue weighted by Gasteiger charge is 2.16. The Labute approximate surface area is 265 Å². The van der Waals surface area contributed by atoms with Crippen molar-refractivity contribution in [1.29, 1.82) is 0 Å². The number of hydrogen-bond donors (Lipinski definition) is 2. The first-order chi connectivity index (χ1) is 22.1. The lowest BCUT2D eigenvalue weighted by atomic mass is 9.96. The van der Waals surface area contributed by atoms with Crippen LogP contribution in [0.1, 0.15) is 31.4 Å². The van der Waals surface area contributed by atoms with Gasteiger partial charge in [0.1, 0.15) is 0 Å². The lowest BCUT2D eigenvalue weighted by Crippen LogP contribution is -2.08. The summed E-state index contributed by atoms with van der Waals surface area (Å²) in [5.74, 6) is 0. The average Bonchev–Trinajstić information content (AvgIpc) is 3.44. The molecule has 0 saturated carbocycles. The Balaban J connectivity index is 1.38. The van der Waals surface area contributed by atoms with Crippen molar-refractivity contribution in [3.05, 3.63) is 163 Å². The molecule has 0 spiro atoms. The normalized spacial score (nSPS) is 14.0. The lowest BCUT2D eigenvalue weighted by molar-refractivity contribution is 0.949. The van der Waals surface area contributed by atoms with Crippen LogP contribution in [0.5, 0.6) is 0 Å². The van der Waals surface area contributed by atoms with E-state index < -0.39 is 0 Å². The molecule has 1 aliphatic rings. The van der Waals surface area contributed by atoms with Crippen molar-refractivity contribution >= 4 is 43.7 Å². The van der Waals surface area contributed by atoms with E-state index in [1.54, 1.807) is 6.20 Å². The SMILES string of the molecule is C/C=C(\C=C/N)c1cccc(-c2ccc3c(ccc4c5ccc(/C(C)=C/CC6=CCNC=C6)cc5n(-c5ccccc5)c34)c2)c1. The molecule has 3 N–H and O–H groups in total. The van der Waals surface area contributed by atoms with Crippen LogP contribution in [0.15, 0.2) is 151 Å². The Morgan fingerprint density at radius 2 is 1.64 bits per heavy atom. The molecule has 0 saturated heterocycles. The number of aromatic nitrogens is 1. The second kappa shape index (κ2) is 12.2. The van der Waals surface area contributed by atoms with Crippen LogP contribution in [0.3, 0.4) is 0 Å². The van der Waals surface area contributed by atoms with Crippen molar-refractivity contribution in [2.75, 3.05) is 6.54 Å². The third kappa shape index (κ3) is 5.38. The molecule has 7 rings (SSSR count). The zero-order valence-electron chi connectivity index (χ0n) is 25.8. The minimum atomic E-state index is 0.896. The van der Waals surface area contributed by atoms with Gasteiger partial charge in [0.05, 0.1) is 11.0 Å². The summed E-state index contributed by atoms with van der Waals surface area (Å²) in [5, 5.41) is 8.23. The molecule has 1 aliphatic heterocycles. The van der Waals surface area contributed by atoms with E-state index in [2.05, 4.69) is 144 Å². The van der Waals surface area contributed by atoms with E-state index in [0.29, 0.717) is 0 Å². The predicted octanol–water partition coefficient (Wildman–Crippen LogP) is 10.3. The van der Waals surface area contributed by atoms with Crippen molar-refractivity contribution in [2.45, 2.75) is 20.3 Å². The van der Waals surface area contributed by atoms with Gasteiger partial charge < -0.3 is 15.6 Å². The monoisotopic (exact) mass is 583 g/mol. The topological polar surface area (TPSA) is 43.0 Å². The van der Waals surface area contributed by atoms with Crippen molar-refractivity contribution < 1.29 is 0 Å². The minimum absolute atomic E-state index is 0.896. The zero-order chi connectivity index (χ0) is 30.8. The number of nitrogens with one attached hydrogen (secondary N) is 1. The van der Waals surface area contributed by atoms with Crippen LogP contribution in [0.4, 0.5) is 0 Å². The van der Waals surface area contributed by atoms with Crippen LogP contribution in [-0.2, 0) is 0 Å². The molecule has 6 aromatic rings. The number of rotatable bonds is 7. The number of dihydropyridines is 1. The number of nitrogens with two attached hydrogens (primary N) is 1. The fraction of sp³-hybridized carbons (Fsp3) is 0.0952. The third-order valence-electron chi connectivity index (χ3n) is 8.87. The first-order valence-corrected chi connectivity index (χ1v) is 15.6. The molecule has 0 unspecified atom stereocenters. The van der Waals surface area contributed by atoms with Crippen LogP contribution >= 0.6 is 0 Å². The molecule has 0 radical (unpaired) electrons. The quantitative estimate of drug-likeness (QED) is 0.184. The molecule has 5 aromatic carbocycles. The molecule has 2 heterocycles. The summed E-state index contributed by atoms with van der Waals surface area (Å²) in [5.41, 5.74) is 17.9. The van der Waals surface area contributed by atoms with Gasteiger partial charge in [-0.2, -0.15) is 0 Å². The maximum Gasteiger partial charge on any atom is 0.0619 e. The largest absolute Gasteiger partial charge is 0.405 e. The van der Waals surface area contributed by atoms with Crippen LogP contribution in [0, 0.1) is 0 Å². The predicted molar refractivity (Wildman–Crippen MR) is 194 cm³/mol. The van der Waals surface area contributed by atoms with Crippen LogP contribution in [-0.4, -0.2) is 11.1 Å². The number of fused-ring (bicyclic) bond motifs is 5. The average molecular weight is 584 g/mol. The van der Waals surface area contributed by atoms with Gasteiger partial charge in [0.25, 0.3) is 0 Å². The highest BCUT2D eigenvalue weighted by Crippen LogP contribution is 2.39. The van der Waals surface area contributed by atoms with E-state index in [-0.39, 0.29) is 0 Å². The summed E-state index contributed by atoms with van der Waals surface area (Å²) < 4.78 is 2.44. The molecule has 0 fully saturated rings. The number of allylic oxidation sites excluding steroid dienone is 7. The van der Waals surface area contributed by atoms with Gasteiger partial charge in [-0.1, -0.05) is 91.0 Å². The highest BCUT2D eigenvalue weighted by molar-refractivity contribution is 6.19. The Morgan fingerprint density at radius 1 is 0.822 bits per heavy atom. The zero-order valence-corrected chi connectivity index (χ0v) is 25.8. The molecular weight excluding hydrogens is 546 g/mol. The molecule has 1 aromatic heterocycles. The standard InChI is InChI=1S/C42H37N3/c1-3-31(20-23-43)33-8-7-9-34(26-33)35-15-17-38-36(27-35)16-19-40-39-18-14-32(29(2)12-13-30-21-24-44-25-22-30)28-41(39)45(42(38)40)37-10-5-4-6-11-37/h3-12,14-24,26-28,44H,13,25,43H2,1-2H3/b23-20-,29-12+,31-3+. The molecular formula is C42H37N3. The van der Waals surface area contributed by atoms with Gasteiger partial charge in [-0.25, -0.2) is 0 Å². The van der Waals surface area contributed by atoms with Crippen molar-refractivity contribution in [2.24, 2.45) is 5.73 Å². The Bertz CT molecular complexity index is 2200. The highest BCUT2D eigenvalue weighted by atomic mass is 15.0. The van der Waals surface area contributed by atoms with Crippen LogP contribution in [0.25, 0.3) is 60.5 Å². The molecule has 3 heteroatoms. The molecule has 45 heavy (non-hydrogen) atoms.